The molecule has 1 aromatic heterocycles. The van der Waals surface area contributed by atoms with E-state index in [0.29, 0.717) is 15.8 Å². The van der Waals surface area contributed by atoms with Gasteiger partial charge in [0.2, 0.25) is 0 Å². The molecule has 6 heteroatoms. The number of halogens is 1. The van der Waals surface area contributed by atoms with Gasteiger partial charge in [0.1, 0.15) is 5.82 Å². The molecule has 2 unspecified atom stereocenters. The topological polar surface area (TPSA) is 58.2 Å². The standard InChI is InChI=1S/C20H23FN2O2S/c1-12-5-3-8-16(9-12)22-20(25)18-13(2)10-17(26-18)23-19(24)14-6-4-7-15(21)11-14/h4,6-7,10-12,16H,3,5,8-9H2,1-2H3,(H,22,25)(H,23,24). The molecule has 0 bridgehead atoms. The average molecular weight is 374 g/mol. The quantitative estimate of drug-likeness (QED) is 0.811. The van der Waals surface area contributed by atoms with E-state index in [1.54, 1.807) is 12.1 Å². The van der Waals surface area contributed by atoms with Crippen LogP contribution >= 0.6 is 11.3 Å². The van der Waals surface area contributed by atoms with Crippen LogP contribution in [0.1, 0.15) is 58.2 Å². The number of anilines is 1. The summed E-state index contributed by atoms with van der Waals surface area (Å²) >= 11 is 1.25. The normalized spacial score (nSPS) is 19.8. The first-order valence-electron chi connectivity index (χ1n) is 8.90. The van der Waals surface area contributed by atoms with Gasteiger partial charge in [-0.05, 0) is 55.5 Å². The molecule has 0 radical (unpaired) electrons. The molecule has 1 aliphatic rings. The van der Waals surface area contributed by atoms with Crippen LogP contribution in [0.25, 0.3) is 0 Å². The van der Waals surface area contributed by atoms with Crippen molar-refractivity contribution < 1.29 is 14.0 Å². The molecule has 2 atom stereocenters. The van der Waals surface area contributed by atoms with Crippen LogP contribution in [0.15, 0.2) is 30.3 Å². The highest BCUT2D eigenvalue weighted by atomic mass is 32.1. The Labute approximate surface area is 156 Å². The highest BCUT2D eigenvalue weighted by Crippen LogP contribution is 2.28. The molecule has 1 aliphatic carbocycles. The SMILES string of the molecule is Cc1cc(NC(=O)c2cccc(F)c2)sc1C(=O)NC1CCCC(C)C1. The number of aryl methyl sites for hydroxylation is 1. The Morgan fingerprint density at radius 1 is 1.19 bits per heavy atom. The Kier molecular flexibility index (Phi) is 5.71. The lowest BCUT2D eigenvalue weighted by atomic mass is 9.87. The highest BCUT2D eigenvalue weighted by Gasteiger charge is 2.23. The van der Waals surface area contributed by atoms with E-state index in [-0.39, 0.29) is 23.4 Å². The van der Waals surface area contributed by atoms with Gasteiger partial charge < -0.3 is 10.6 Å². The molecule has 1 fully saturated rings. The highest BCUT2D eigenvalue weighted by molar-refractivity contribution is 7.18. The largest absolute Gasteiger partial charge is 0.349 e. The maximum Gasteiger partial charge on any atom is 0.261 e. The lowest BCUT2D eigenvalue weighted by Crippen LogP contribution is -2.37. The third-order valence-electron chi connectivity index (χ3n) is 4.72. The summed E-state index contributed by atoms with van der Waals surface area (Å²) in [4.78, 5) is 25.4. The fourth-order valence-corrected chi connectivity index (χ4v) is 4.37. The van der Waals surface area contributed by atoms with E-state index in [1.807, 2.05) is 6.92 Å². The molecule has 4 nitrogen and oxygen atoms in total. The maximum absolute atomic E-state index is 13.3. The first kappa shape index (κ1) is 18.6. The van der Waals surface area contributed by atoms with E-state index in [4.69, 9.17) is 0 Å². The Morgan fingerprint density at radius 3 is 2.73 bits per heavy atom. The van der Waals surface area contributed by atoms with Gasteiger partial charge in [0.25, 0.3) is 11.8 Å². The van der Waals surface area contributed by atoms with E-state index >= 15 is 0 Å². The second kappa shape index (κ2) is 7.99. The van der Waals surface area contributed by atoms with Crippen molar-refractivity contribution in [3.8, 4) is 0 Å². The fourth-order valence-electron chi connectivity index (χ4n) is 3.40. The monoisotopic (exact) mass is 374 g/mol. The molecule has 1 aromatic carbocycles. The summed E-state index contributed by atoms with van der Waals surface area (Å²) < 4.78 is 13.3. The van der Waals surface area contributed by atoms with Crippen molar-refractivity contribution in [3.05, 3.63) is 52.2 Å². The average Bonchev–Trinajstić information content (AvgIpc) is 2.95. The van der Waals surface area contributed by atoms with Crippen LogP contribution < -0.4 is 10.6 Å². The van der Waals surface area contributed by atoms with Crippen molar-refractivity contribution in [2.24, 2.45) is 5.92 Å². The van der Waals surface area contributed by atoms with Crippen molar-refractivity contribution in [2.75, 3.05) is 5.32 Å². The van der Waals surface area contributed by atoms with Gasteiger partial charge in [0.05, 0.1) is 9.88 Å². The Hall–Kier alpha value is -2.21. The molecule has 0 aliphatic heterocycles. The minimum atomic E-state index is -0.457. The molecule has 2 N–H and O–H groups in total. The first-order valence-corrected chi connectivity index (χ1v) is 9.72. The molecular formula is C20H23FN2O2S. The minimum absolute atomic E-state index is 0.0853. The Balaban J connectivity index is 1.66. The van der Waals surface area contributed by atoms with Gasteiger partial charge in [-0.15, -0.1) is 11.3 Å². The zero-order valence-corrected chi connectivity index (χ0v) is 15.8. The van der Waals surface area contributed by atoms with E-state index in [9.17, 15) is 14.0 Å². The van der Waals surface area contributed by atoms with Gasteiger partial charge in [0, 0.05) is 11.6 Å². The number of carbonyl (C=O) groups excluding carboxylic acids is 2. The number of hydrogen-bond donors (Lipinski definition) is 2. The molecule has 1 heterocycles. The molecule has 0 saturated heterocycles. The van der Waals surface area contributed by atoms with Crippen molar-refractivity contribution in [1.29, 1.82) is 0 Å². The smallest absolute Gasteiger partial charge is 0.261 e. The number of rotatable bonds is 4. The van der Waals surface area contributed by atoms with Crippen molar-refractivity contribution >= 4 is 28.2 Å². The van der Waals surface area contributed by atoms with E-state index in [2.05, 4.69) is 17.6 Å². The molecule has 138 valence electrons. The van der Waals surface area contributed by atoms with Gasteiger partial charge in [-0.1, -0.05) is 25.8 Å². The summed E-state index contributed by atoms with van der Waals surface area (Å²) in [5, 5.41) is 6.45. The number of thiophene rings is 1. The van der Waals surface area contributed by atoms with Crippen LogP contribution in [-0.2, 0) is 0 Å². The minimum Gasteiger partial charge on any atom is -0.349 e. The summed E-state index contributed by atoms with van der Waals surface area (Å²) in [5.74, 6) is -0.293. The van der Waals surface area contributed by atoms with Crippen molar-refractivity contribution in [2.45, 2.75) is 45.6 Å². The summed E-state index contributed by atoms with van der Waals surface area (Å²) in [5.41, 5.74) is 1.07. The summed E-state index contributed by atoms with van der Waals surface area (Å²) in [6, 6.07) is 7.53. The van der Waals surface area contributed by atoms with Crippen LogP contribution in [-0.4, -0.2) is 17.9 Å². The van der Waals surface area contributed by atoms with Crippen LogP contribution in [0.4, 0.5) is 9.39 Å². The zero-order chi connectivity index (χ0) is 18.7. The molecule has 26 heavy (non-hydrogen) atoms. The third kappa shape index (κ3) is 4.49. The number of amides is 2. The maximum atomic E-state index is 13.3. The van der Waals surface area contributed by atoms with Crippen molar-refractivity contribution in [1.82, 2.24) is 5.32 Å². The lowest BCUT2D eigenvalue weighted by molar-refractivity contribution is 0.0924. The molecule has 1 saturated carbocycles. The number of carbonyl (C=O) groups is 2. The summed E-state index contributed by atoms with van der Waals surface area (Å²) in [7, 11) is 0. The first-order chi connectivity index (χ1) is 12.4. The zero-order valence-electron chi connectivity index (χ0n) is 15.0. The number of hydrogen-bond acceptors (Lipinski definition) is 3. The second-order valence-corrected chi connectivity index (χ2v) is 8.08. The predicted octanol–water partition coefficient (Wildman–Crippen LogP) is 4.76. The van der Waals surface area contributed by atoms with E-state index < -0.39 is 5.82 Å². The van der Waals surface area contributed by atoms with Crippen LogP contribution in [0, 0.1) is 18.7 Å². The van der Waals surface area contributed by atoms with Gasteiger partial charge in [-0.25, -0.2) is 4.39 Å². The predicted molar refractivity (Wildman–Crippen MR) is 102 cm³/mol. The fraction of sp³-hybridized carbons (Fsp3) is 0.400. The van der Waals surface area contributed by atoms with Crippen LogP contribution in [0.5, 0.6) is 0 Å². The second-order valence-electron chi connectivity index (χ2n) is 7.03. The molecule has 0 spiro atoms. The third-order valence-corrected chi connectivity index (χ3v) is 5.87. The molecule has 2 aromatic rings. The lowest BCUT2D eigenvalue weighted by Gasteiger charge is -2.27. The number of benzene rings is 1. The van der Waals surface area contributed by atoms with Crippen molar-refractivity contribution in [3.63, 3.8) is 0 Å². The van der Waals surface area contributed by atoms with E-state index in [1.165, 1.54) is 36.0 Å². The molecule has 3 rings (SSSR count). The van der Waals surface area contributed by atoms with Crippen LogP contribution in [0.2, 0.25) is 0 Å². The molecular weight excluding hydrogens is 351 g/mol. The Bertz CT molecular complexity index is 818. The van der Waals surface area contributed by atoms with Gasteiger partial charge in [-0.2, -0.15) is 0 Å². The van der Waals surface area contributed by atoms with Crippen LogP contribution in [0.3, 0.4) is 0 Å². The summed E-state index contributed by atoms with van der Waals surface area (Å²) in [6.45, 7) is 4.07. The molecule has 2 amide bonds. The number of nitrogens with one attached hydrogen (secondary N) is 2. The Morgan fingerprint density at radius 2 is 2.00 bits per heavy atom. The van der Waals surface area contributed by atoms with Gasteiger partial charge in [-0.3, -0.25) is 9.59 Å². The van der Waals surface area contributed by atoms with Gasteiger partial charge in [0.15, 0.2) is 0 Å². The van der Waals surface area contributed by atoms with Gasteiger partial charge >= 0.3 is 0 Å². The van der Waals surface area contributed by atoms with E-state index in [0.717, 1.165) is 24.8 Å². The summed E-state index contributed by atoms with van der Waals surface area (Å²) in [6.07, 6.45) is 4.40.